The summed E-state index contributed by atoms with van der Waals surface area (Å²) in [5.74, 6) is -0.401. The molecule has 0 fully saturated rings. The molecule has 2 rings (SSSR count). The molecule has 24 heavy (non-hydrogen) atoms. The number of hydrogen-bond donors (Lipinski definition) is 2. The fourth-order valence-corrected chi connectivity index (χ4v) is 2.49. The topological polar surface area (TPSA) is 71.3 Å². The number of aliphatic hydroxyl groups is 1. The third kappa shape index (κ3) is 4.80. The van der Waals surface area contributed by atoms with Crippen LogP contribution in [0.1, 0.15) is 41.3 Å². The van der Waals surface area contributed by atoms with Gasteiger partial charge in [-0.3, -0.25) is 9.59 Å². The van der Waals surface area contributed by atoms with Crippen molar-refractivity contribution in [3.8, 4) is 0 Å². The number of rotatable bonds is 7. The molecular weight excluding hydrogens is 304 g/mol. The molecule has 0 aliphatic rings. The Balaban J connectivity index is 2.10. The Morgan fingerprint density at radius 3 is 2.79 bits per heavy atom. The van der Waals surface area contributed by atoms with E-state index in [4.69, 9.17) is 0 Å². The Morgan fingerprint density at radius 1 is 1.29 bits per heavy atom. The van der Waals surface area contributed by atoms with E-state index >= 15 is 0 Å². The van der Waals surface area contributed by atoms with E-state index in [1.165, 1.54) is 10.6 Å². The van der Waals surface area contributed by atoms with Gasteiger partial charge in [0.2, 0.25) is 0 Å². The quantitative estimate of drug-likeness (QED) is 0.817. The first-order valence-electron chi connectivity index (χ1n) is 8.22. The second kappa shape index (κ2) is 8.45. The van der Waals surface area contributed by atoms with E-state index in [0.717, 1.165) is 11.1 Å². The number of pyridine rings is 1. The average molecular weight is 328 g/mol. The number of carbonyl (C=O) groups excluding carboxylic acids is 1. The first-order chi connectivity index (χ1) is 11.5. The van der Waals surface area contributed by atoms with Crippen molar-refractivity contribution in [2.45, 2.75) is 39.3 Å². The molecule has 5 heteroatoms. The van der Waals surface area contributed by atoms with Crippen molar-refractivity contribution in [2.75, 3.05) is 6.54 Å². The van der Waals surface area contributed by atoms with Crippen LogP contribution in [0.15, 0.2) is 47.4 Å². The van der Waals surface area contributed by atoms with Crippen LogP contribution in [0.2, 0.25) is 0 Å². The largest absolute Gasteiger partial charge is 0.393 e. The number of nitrogens with zero attached hydrogens (tertiary/aromatic N) is 1. The van der Waals surface area contributed by atoms with Gasteiger partial charge in [0.1, 0.15) is 5.56 Å². The zero-order chi connectivity index (χ0) is 17.5. The fourth-order valence-electron chi connectivity index (χ4n) is 2.49. The minimum absolute atomic E-state index is 0.121. The van der Waals surface area contributed by atoms with Crippen LogP contribution < -0.4 is 10.9 Å². The maximum absolute atomic E-state index is 12.5. The number of nitrogens with one attached hydrogen (secondary N) is 1. The molecule has 5 nitrogen and oxygen atoms in total. The number of benzene rings is 1. The Morgan fingerprint density at radius 2 is 2.08 bits per heavy atom. The summed E-state index contributed by atoms with van der Waals surface area (Å²) in [4.78, 5) is 24.7. The lowest BCUT2D eigenvalue weighted by Crippen LogP contribution is -2.34. The van der Waals surface area contributed by atoms with Gasteiger partial charge in [0.25, 0.3) is 11.5 Å². The van der Waals surface area contributed by atoms with E-state index in [1.54, 1.807) is 12.3 Å². The molecule has 2 N–H and O–H groups in total. The molecule has 0 aliphatic carbocycles. The molecular formula is C19H24N2O3. The van der Waals surface area contributed by atoms with Gasteiger partial charge in [0.05, 0.1) is 12.6 Å². The molecule has 1 aromatic heterocycles. The van der Waals surface area contributed by atoms with Crippen LogP contribution in [0.25, 0.3) is 0 Å². The molecule has 0 radical (unpaired) electrons. The maximum Gasteiger partial charge on any atom is 0.263 e. The van der Waals surface area contributed by atoms with Gasteiger partial charge in [-0.2, -0.15) is 0 Å². The molecule has 1 aromatic carbocycles. The molecule has 1 unspecified atom stereocenters. The Labute approximate surface area is 142 Å². The number of hydrogen-bond acceptors (Lipinski definition) is 3. The van der Waals surface area contributed by atoms with Crippen molar-refractivity contribution in [1.82, 2.24) is 9.88 Å². The number of carbonyl (C=O) groups is 1. The minimum atomic E-state index is -0.431. The summed E-state index contributed by atoms with van der Waals surface area (Å²) in [5, 5.41) is 12.2. The van der Waals surface area contributed by atoms with Gasteiger partial charge < -0.3 is 15.0 Å². The molecule has 1 heterocycles. The number of aromatic nitrogens is 1. The van der Waals surface area contributed by atoms with Crippen molar-refractivity contribution < 1.29 is 9.90 Å². The van der Waals surface area contributed by atoms with Crippen LogP contribution in [0.3, 0.4) is 0 Å². The summed E-state index contributed by atoms with van der Waals surface area (Å²) >= 11 is 0. The number of amides is 1. The van der Waals surface area contributed by atoms with Gasteiger partial charge in [-0.05, 0) is 37.5 Å². The molecule has 0 bridgehead atoms. The Bertz CT molecular complexity index is 752. The van der Waals surface area contributed by atoms with Gasteiger partial charge in [0.15, 0.2) is 0 Å². The van der Waals surface area contributed by atoms with E-state index in [0.29, 0.717) is 25.9 Å². The van der Waals surface area contributed by atoms with Crippen molar-refractivity contribution in [1.29, 1.82) is 0 Å². The smallest absolute Gasteiger partial charge is 0.263 e. The first-order valence-corrected chi connectivity index (χ1v) is 8.22. The molecule has 0 aliphatic heterocycles. The predicted octanol–water partition coefficient (Wildman–Crippen LogP) is 2.10. The summed E-state index contributed by atoms with van der Waals surface area (Å²) in [6.07, 6.45) is 2.37. The van der Waals surface area contributed by atoms with Gasteiger partial charge in [0, 0.05) is 12.7 Å². The molecule has 0 spiro atoms. The highest BCUT2D eigenvalue weighted by Gasteiger charge is 2.12. The molecule has 0 saturated carbocycles. The number of aryl methyl sites for hydroxylation is 1. The van der Waals surface area contributed by atoms with E-state index in [1.807, 2.05) is 38.1 Å². The van der Waals surface area contributed by atoms with E-state index in [-0.39, 0.29) is 11.1 Å². The molecule has 1 amide bonds. The van der Waals surface area contributed by atoms with Crippen molar-refractivity contribution in [3.05, 3.63) is 69.6 Å². The molecule has 0 saturated heterocycles. The van der Waals surface area contributed by atoms with Crippen LogP contribution >= 0.6 is 0 Å². The molecule has 128 valence electrons. The molecule has 1 atom stereocenters. The lowest BCUT2D eigenvalue weighted by atomic mass is 10.1. The van der Waals surface area contributed by atoms with Crippen molar-refractivity contribution in [2.24, 2.45) is 0 Å². The number of aliphatic hydroxyl groups excluding tert-OH is 1. The van der Waals surface area contributed by atoms with Crippen molar-refractivity contribution in [3.63, 3.8) is 0 Å². The summed E-state index contributed by atoms with van der Waals surface area (Å²) in [7, 11) is 0. The van der Waals surface area contributed by atoms with Crippen LogP contribution in [-0.4, -0.2) is 28.2 Å². The van der Waals surface area contributed by atoms with Crippen LogP contribution in [-0.2, 0) is 6.54 Å². The summed E-state index contributed by atoms with van der Waals surface area (Å²) in [6, 6.07) is 11.2. The first kappa shape index (κ1) is 17.9. The third-order valence-corrected chi connectivity index (χ3v) is 3.93. The highest BCUT2D eigenvalue weighted by Crippen LogP contribution is 2.05. The minimum Gasteiger partial charge on any atom is -0.393 e. The SMILES string of the molecule is CCC(O)CCNC(=O)c1cccn(Cc2cccc(C)c2)c1=O. The summed E-state index contributed by atoms with van der Waals surface area (Å²) in [5.41, 5.74) is 1.95. The van der Waals surface area contributed by atoms with E-state index in [9.17, 15) is 14.7 Å². The average Bonchev–Trinajstić information content (AvgIpc) is 2.56. The highest BCUT2D eigenvalue weighted by atomic mass is 16.3. The second-order valence-electron chi connectivity index (χ2n) is 5.95. The van der Waals surface area contributed by atoms with Crippen LogP contribution in [0.5, 0.6) is 0 Å². The van der Waals surface area contributed by atoms with Crippen LogP contribution in [0.4, 0.5) is 0 Å². The van der Waals surface area contributed by atoms with Gasteiger partial charge >= 0.3 is 0 Å². The monoisotopic (exact) mass is 328 g/mol. The van der Waals surface area contributed by atoms with Gasteiger partial charge in [-0.1, -0.05) is 36.8 Å². The zero-order valence-electron chi connectivity index (χ0n) is 14.2. The lowest BCUT2D eigenvalue weighted by molar-refractivity contribution is 0.0940. The fraction of sp³-hybridized carbons (Fsp3) is 0.368. The van der Waals surface area contributed by atoms with E-state index in [2.05, 4.69) is 5.32 Å². The Kier molecular flexibility index (Phi) is 6.32. The predicted molar refractivity (Wildman–Crippen MR) is 94.2 cm³/mol. The van der Waals surface area contributed by atoms with Crippen LogP contribution in [0, 0.1) is 6.92 Å². The summed E-state index contributed by atoms with van der Waals surface area (Å²) in [6.45, 7) is 4.66. The lowest BCUT2D eigenvalue weighted by Gasteiger charge is -2.11. The van der Waals surface area contributed by atoms with Gasteiger partial charge in [-0.15, -0.1) is 0 Å². The Hall–Kier alpha value is -2.40. The zero-order valence-corrected chi connectivity index (χ0v) is 14.2. The third-order valence-electron chi connectivity index (χ3n) is 3.93. The highest BCUT2D eigenvalue weighted by molar-refractivity contribution is 5.93. The van der Waals surface area contributed by atoms with E-state index < -0.39 is 12.0 Å². The normalized spacial score (nSPS) is 12.0. The van der Waals surface area contributed by atoms with Gasteiger partial charge in [-0.25, -0.2) is 0 Å². The standard InChI is InChI=1S/C19H24N2O3/c1-3-16(22)9-10-20-18(23)17-8-5-11-21(19(17)24)13-15-7-4-6-14(2)12-15/h4-8,11-12,16,22H,3,9-10,13H2,1-2H3,(H,20,23). The second-order valence-corrected chi connectivity index (χ2v) is 5.95. The maximum atomic E-state index is 12.5. The summed E-state index contributed by atoms with van der Waals surface area (Å²) < 4.78 is 1.53. The van der Waals surface area contributed by atoms with Crippen molar-refractivity contribution >= 4 is 5.91 Å². The molecule has 2 aromatic rings.